The van der Waals surface area contributed by atoms with Gasteiger partial charge in [-0.3, -0.25) is 4.90 Å². The molecule has 1 N–H and O–H groups in total. The first kappa shape index (κ1) is 24.4. The van der Waals surface area contributed by atoms with E-state index >= 15 is 0 Å². The summed E-state index contributed by atoms with van der Waals surface area (Å²) < 4.78 is 67.3. The lowest BCUT2D eigenvalue weighted by Gasteiger charge is -2.30. The molecule has 3 aliphatic rings. The first-order valence-corrected chi connectivity index (χ1v) is 11.4. The SMILES string of the molecule is CC(C)(C)OC(=O)N1CCC2=C(C1)[N+](C1CCCCO1)=NC2Nc1ccc(F)cc1C(F)(F)F. The van der Waals surface area contributed by atoms with E-state index in [9.17, 15) is 22.4 Å². The van der Waals surface area contributed by atoms with Crippen LogP contribution in [0.1, 0.15) is 52.0 Å². The molecule has 0 saturated carbocycles. The summed E-state index contributed by atoms with van der Waals surface area (Å²) in [7, 11) is 0. The second-order valence-corrected chi connectivity index (χ2v) is 9.64. The number of anilines is 1. The van der Waals surface area contributed by atoms with Gasteiger partial charge in [0.2, 0.25) is 11.9 Å². The van der Waals surface area contributed by atoms with E-state index in [1.165, 1.54) is 0 Å². The van der Waals surface area contributed by atoms with Crippen LogP contribution in [-0.4, -0.2) is 53.4 Å². The third-order valence-corrected chi connectivity index (χ3v) is 5.87. The summed E-state index contributed by atoms with van der Waals surface area (Å²) in [5, 5.41) is 7.50. The predicted octanol–water partition coefficient (Wildman–Crippen LogP) is 5.48. The van der Waals surface area contributed by atoms with E-state index in [0.29, 0.717) is 32.1 Å². The summed E-state index contributed by atoms with van der Waals surface area (Å²) in [5.41, 5.74) is -0.499. The van der Waals surface area contributed by atoms with Crippen molar-refractivity contribution in [3.63, 3.8) is 0 Å². The molecular weight excluding hydrogens is 456 g/mol. The lowest BCUT2D eigenvalue weighted by atomic mass is 10.0. The summed E-state index contributed by atoms with van der Waals surface area (Å²) in [6, 6.07) is 2.53. The van der Waals surface area contributed by atoms with E-state index in [4.69, 9.17) is 9.47 Å². The Bertz CT molecular complexity index is 1010. The van der Waals surface area contributed by atoms with Gasteiger partial charge < -0.3 is 14.8 Å². The Morgan fingerprint density at radius 1 is 1.26 bits per heavy atom. The number of carbonyl (C=O) groups is 1. The number of nitrogens with zero attached hydrogens (tertiary/aromatic N) is 3. The number of alkyl halides is 3. The van der Waals surface area contributed by atoms with Crippen molar-refractivity contribution >= 4 is 11.8 Å². The Balaban J connectivity index is 1.64. The van der Waals surface area contributed by atoms with Gasteiger partial charge in [0, 0.05) is 18.7 Å². The van der Waals surface area contributed by atoms with Crippen LogP contribution < -0.4 is 5.32 Å². The van der Waals surface area contributed by atoms with E-state index in [1.807, 2.05) is 0 Å². The average molecular weight is 486 g/mol. The highest BCUT2D eigenvalue weighted by Gasteiger charge is 2.46. The highest BCUT2D eigenvalue weighted by Crippen LogP contribution is 2.38. The van der Waals surface area contributed by atoms with Crippen molar-refractivity contribution in [1.29, 1.82) is 0 Å². The molecule has 0 radical (unpaired) electrons. The van der Waals surface area contributed by atoms with Gasteiger partial charge in [-0.1, -0.05) is 4.70 Å². The Morgan fingerprint density at radius 3 is 2.68 bits per heavy atom. The van der Waals surface area contributed by atoms with E-state index in [-0.39, 0.29) is 18.5 Å². The Morgan fingerprint density at radius 2 is 2.03 bits per heavy atom. The fraction of sp³-hybridized carbons (Fsp3) is 0.609. The minimum atomic E-state index is -4.73. The highest BCUT2D eigenvalue weighted by atomic mass is 19.4. The minimum Gasteiger partial charge on any atom is -0.444 e. The maximum absolute atomic E-state index is 13.6. The molecule has 3 aliphatic heterocycles. The number of hydrogen-bond acceptors (Lipinski definition) is 5. The highest BCUT2D eigenvalue weighted by molar-refractivity contribution is 5.69. The van der Waals surface area contributed by atoms with Crippen molar-refractivity contribution in [1.82, 2.24) is 4.90 Å². The van der Waals surface area contributed by atoms with Gasteiger partial charge in [-0.15, -0.1) is 0 Å². The van der Waals surface area contributed by atoms with Gasteiger partial charge in [-0.2, -0.15) is 13.2 Å². The first-order valence-electron chi connectivity index (χ1n) is 11.4. The van der Waals surface area contributed by atoms with Crippen molar-refractivity contribution < 1.29 is 36.5 Å². The molecule has 0 spiro atoms. The zero-order valence-electron chi connectivity index (χ0n) is 19.4. The molecule has 2 unspecified atom stereocenters. The maximum atomic E-state index is 13.6. The molecule has 1 amide bonds. The van der Waals surface area contributed by atoms with Gasteiger partial charge in [0.05, 0.1) is 17.7 Å². The van der Waals surface area contributed by atoms with E-state index in [1.54, 1.807) is 30.4 Å². The van der Waals surface area contributed by atoms with Crippen molar-refractivity contribution in [2.45, 2.75) is 70.6 Å². The summed E-state index contributed by atoms with van der Waals surface area (Å²) in [5.74, 6) is -0.968. The number of halogens is 4. The molecule has 34 heavy (non-hydrogen) atoms. The van der Waals surface area contributed by atoms with Gasteiger partial charge >= 0.3 is 12.3 Å². The number of rotatable bonds is 3. The monoisotopic (exact) mass is 485 g/mol. The standard InChI is InChI=1S/C23H29F4N4O3/c1-22(2,3)34-21(32)30-10-9-15-18(13-30)31(19-6-4-5-11-33-19)29-20(15)28-17-8-7-14(24)12-16(17)23(25,26)27/h7-8,12,19-20,28H,4-6,9-11,13H2,1-3H3/q+1. The van der Waals surface area contributed by atoms with Crippen LogP contribution in [-0.2, 0) is 15.7 Å². The van der Waals surface area contributed by atoms with Crippen LogP contribution in [0.25, 0.3) is 0 Å². The summed E-state index contributed by atoms with van der Waals surface area (Å²) in [6.45, 7) is 6.47. The molecule has 1 fully saturated rings. The quantitative estimate of drug-likeness (QED) is 0.455. The van der Waals surface area contributed by atoms with E-state index in [2.05, 4.69) is 10.4 Å². The fourth-order valence-electron chi connectivity index (χ4n) is 4.33. The number of carbonyl (C=O) groups excluding carboxylic acids is 1. The van der Waals surface area contributed by atoms with Crippen LogP contribution in [0.4, 0.5) is 28.0 Å². The van der Waals surface area contributed by atoms with Crippen LogP contribution in [0, 0.1) is 5.82 Å². The van der Waals surface area contributed by atoms with Gasteiger partial charge in [0.25, 0.3) is 6.23 Å². The second-order valence-electron chi connectivity index (χ2n) is 9.64. The third-order valence-electron chi connectivity index (χ3n) is 5.87. The number of nitrogens with one attached hydrogen (secondary N) is 1. The largest absolute Gasteiger partial charge is 0.444 e. The molecule has 3 heterocycles. The summed E-state index contributed by atoms with van der Waals surface area (Å²) in [6.07, 6.45) is -3.36. The number of azo groups is 2. The van der Waals surface area contributed by atoms with Gasteiger partial charge in [0.15, 0.2) is 0 Å². The van der Waals surface area contributed by atoms with Crippen LogP contribution >= 0.6 is 0 Å². The first-order chi connectivity index (χ1) is 15.9. The van der Waals surface area contributed by atoms with Gasteiger partial charge in [0.1, 0.15) is 18.0 Å². The molecule has 2 atom stereocenters. The number of benzene rings is 1. The van der Waals surface area contributed by atoms with Gasteiger partial charge in [-0.05, 0) is 63.3 Å². The molecule has 186 valence electrons. The molecule has 0 aromatic heterocycles. The van der Waals surface area contributed by atoms with E-state index < -0.39 is 35.4 Å². The molecule has 7 nitrogen and oxygen atoms in total. The smallest absolute Gasteiger partial charge is 0.418 e. The van der Waals surface area contributed by atoms with Crippen LogP contribution in [0.2, 0.25) is 0 Å². The fourth-order valence-corrected chi connectivity index (χ4v) is 4.33. The Labute approximate surface area is 195 Å². The normalized spacial score (nSPS) is 23.5. The molecular formula is C23H29F4N4O3+. The maximum Gasteiger partial charge on any atom is 0.418 e. The molecule has 0 aliphatic carbocycles. The van der Waals surface area contributed by atoms with E-state index in [0.717, 1.165) is 36.2 Å². The van der Waals surface area contributed by atoms with Crippen molar-refractivity contribution in [3.05, 3.63) is 40.8 Å². The second kappa shape index (κ2) is 9.16. The zero-order chi connectivity index (χ0) is 24.7. The predicted molar refractivity (Wildman–Crippen MR) is 115 cm³/mol. The van der Waals surface area contributed by atoms with Crippen molar-refractivity contribution in [2.75, 3.05) is 25.0 Å². The number of ether oxygens (including phenoxy) is 2. The number of amides is 1. The van der Waals surface area contributed by atoms with Gasteiger partial charge in [-0.25, -0.2) is 9.18 Å². The van der Waals surface area contributed by atoms with Crippen molar-refractivity contribution in [3.8, 4) is 0 Å². The average Bonchev–Trinajstić information content (AvgIpc) is 3.11. The molecule has 1 aromatic carbocycles. The van der Waals surface area contributed by atoms with Crippen LogP contribution in [0.3, 0.4) is 0 Å². The minimum absolute atomic E-state index is 0.210. The Kier molecular flexibility index (Phi) is 6.58. The summed E-state index contributed by atoms with van der Waals surface area (Å²) in [4.78, 5) is 14.2. The number of hydrogen-bond donors (Lipinski definition) is 1. The molecule has 1 aromatic rings. The lowest BCUT2D eigenvalue weighted by Crippen LogP contribution is -2.43. The zero-order valence-corrected chi connectivity index (χ0v) is 19.4. The molecule has 0 bridgehead atoms. The molecule has 11 heteroatoms. The van der Waals surface area contributed by atoms with Crippen LogP contribution in [0.5, 0.6) is 0 Å². The third kappa shape index (κ3) is 5.34. The topological polar surface area (TPSA) is 66.2 Å². The summed E-state index contributed by atoms with van der Waals surface area (Å²) >= 11 is 0. The van der Waals surface area contributed by atoms with Crippen LogP contribution in [0.15, 0.2) is 34.6 Å². The molecule has 1 saturated heterocycles. The Hall–Kier alpha value is -2.69. The molecule has 4 rings (SSSR count). The lowest BCUT2D eigenvalue weighted by molar-refractivity contribution is -0.631. The van der Waals surface area contributed by atoms with Crippen molar-refractivity contribution in [2.24, 2.45) is 5.11 Å².